The minimum absolute atomic E-state index is 0.189. The summed E-state index contributed by atoms with van der Waals surface area (Å²) in [6, 6.07) is 9.64. The Labute approximate surface area is 203 Å². The van der Waals surface area contributed by atoms with Crippen molar-refractivity contribution in [2.45, 2.75) is 12.5 Å². The number of hydrogen-bond donors (Lipinski definition) is 1. The first-order valence-electron chi connectivity index (χ1n) is 10.5. The summed E-state index contributed by atoms with van der Waals surface area (Å²) in [5.41, 5.74) is 2.85. The molecular formula is C25H24FN3O5S. The molecular weight excluding hydrogens is 473 g/mol. The summed E-state index contributed by atoms with van der Waals surface area (Å²) in [5, 5.41) is 2.90. The fraction of sp³-hybridized carbons (Fsp3) is 0.160. The molecule has 0 aliphatic carbocycles. The molecule has 0 amide bonds. The number of aromatic nitrogens is 2. The highest BCUT2D eigenvalue weighted by Crippen LogP contribution is 2.32. The molecule has 0 saturated carbocycles. The van der Waals surface area contributed by atoms with Crippen LogP contribution in [0.4, 0.5) is 3.89 Å². The van der Waals surface area contributed by atoms with Crippen LogP contribution in [-0.4, -0.2) is 44.6 Å². The van der Waals surface area contributed by atoms with Crippen molar-refractivity contribution in [3.63, 3.8) is 0 Å². The van der Waals surface area contributed by atoms with Gasteiger partial charge >= 0.3 is 16.5 Å². The molecule has 10 heteroatoms. The van der Waals surface area contributed by atoms with Crippen LogP contribution in [0, 0.1) is 0 Å². The van der Waals surface area contributed by atoms with E-state index in [-0.39, 0.29) is 12.2 Å². The zero-order chi connectivity index (χ0) is 25.3. The number of rotatable bonds is 10. The fourth-order valence-corrected chi connectivity index (χ4v) is 3.69. The summed E-state index contributed by atoms with van der Waals surface area (Å²) < 4.78 is 46.2. The van der Waals surface area contributed by atoms with Crippen LogP contribution in [0.3, 0.4) is 0 Å². The topological polar surface area (TPSA) is 107 Å². The molecule has 3 rings (SSSR count). The van der Waals surface area contributed by atoms with Gasteiger partial charge in [-0.25, -0.2) is 0 Å². The van der Waals surface area contributed by atoms with Crippen molar-refractivity contribution in [2.24, 2.45) is 0 Å². The van der Waals surface area contributed by atoms with Gasteiger partial charge in [-0.3, -0.25) is 14.8 Å². The number of ether oxygens (including phenoxy) is 1. The van der Waals surface area contributed by atoms with Crippen LogP contribution in [-0.2, 0) is 26.5 Å². The highest BCUT2D eigenvalue weighted by atomic mass is 32.3. The summed E-state index contributed by atoms with van der Waals surface area (Å²) in [6.07, 6.45) is 13.3. The summed E-state index contributed by atoms with van der Waals surface area (Å²) in [4.78, 5) is 20.0. The average molecular weight is 498 g/mol. The van der Waals surface area contributed by atoms with Gasteiger partial charge in [-0.05, 0) is 66.6 Å². The lowest BCUT2D eigenvalue weighted by molar-refractivity contribution is -0.142. The Balaban J connectivity index is 2.15. The Bertz CT molecular complexity index is 1240. The van der Waals surface area contributed by atoms with E-state index in [1.165, 1.54) is 7.11 Å². The lowest BCUT2D eigenvalue weighted by Gasteiger charge is -2.16. The maximum atomic E-state index is 13.7. The Morgan fingerprint density at radius 3 is 1.86 bits per heavy atom. The van der Waals surface area contributed by atoms with Gasteiger partial charge < -0.3 is 14.2 Å². The molecule has 2 aromatic heterocycles. The van der Waals surface area contributed by atoms with Crippen molar-refractivity contribution >= 4 is 40.8 Å². The number of nitrogens with one attached hydrogen (secondary N) is 1. The third-order valence-corrected chi connectivity index (χ3v) is 5.35. The second kappa shape index (κ2) is 12.0. The number of methoxy groups -OCH3 is 1. The molecule has 1 N–H and O–H groups in total. The maximum Gasteiger partial charge on any atom is 0.488 e. The zero-order valence-corrected chi connectivity index (χ0v) is 19.9. The second-order valence-corrected chi connectivity index (χ2v) is 8.33. The Kier molecular flexibility index (Phi) is 8.82. The number of carbonyl (C=O) groups excluding carboxylic acids is 1. The number of esters is 1. The molecule has 0 saturated heterocycles. The van der Waals surface area contributed by atoms with E-state index in [4.69, 9.17) is 8.92 Å². The van der Waals surface area contributed by atoms with E-state index in [0.717, 1.165) is 11.1 Å². The maximum absolute atomic E-state index is 13.7. The van der Waals surface area contributed by atoms with Gasteiger partial charge in [-0.2, -0.15) is 8.42 Å². The molecule has 1 atom stereocenters. The molecule has 0 fully saturated rings. The molecule has 0 aliphatic rings. The lowest BCUT2D eigenvalue weighted by atomic mass is 9.97. The number of halogens is 1. The van der Waals surface area contributed by atoms with Gasteiger partial charge in [0.15, 0.2) is 5.75 Å². The van der Waals surface area contributed by atoms with Crippen molar-refractivity contribution in [3.05, 3.63) is 89.0 Å². The summed E-state index contributed by atoms with van der Waals surface area (Å²) >= 11 is 0. The van der Waals surface area contributed by atoms with Gasteiger partial charge in [0.05, 0.1) is 7.11 Å². The number of carbonyl (C=O) groups is 1. The van der Waals surface area contributed by atoms with Crippen LogP contribution < -0.4 is 9.50 Å². The van der Waals surface area contributed by atoms with E-state index in [2.05, 4.69) is 15.3 Å². The summed E-state index contributed by atoms with van der Waals surface area (Å²) in [5.74, 6) is -0.646. The van der Waals surface area contributed by atoms with Crippen molar-refractivity contribution in [3.8, 4) is 5.75 Å². The first-order valence-corrected chi connectivity index (χ1v) is 11.8. The molecule has 182 valence electrons. The minimum atomic E-state index is -5.32. The predicted octanol–water partition coefficient (Wildman–Crippen LogP) is 3.71. The number of benzene rings is 1. The second-order valence-electron chi connectivity index (χ2n) is 7.38. The van der Waals surface area contributed by atoms with Crippen molar-refractivity contribution in [1.29, 1.82) is 0 Å². The minimum Gasteiger partial charge on any atom is -0.468 e. The molecule has 0 bridgehead atoms. The first-order chi connectivity index (χ1) is 16.8. The van der Waals surface area contributed by atoms with E-state index in [1.807, 2.05) is 0 Å². The zero-order valence-electron chi connectivity index (χ0n) is 19.1. The molecule has 0 radical (unpaired) electrons. The molecule has 0 spiro atoms. The van der Waals surface area contributed by atoms with Gasteiger partial charge in [-0.15, -0.1) is 0 Å². The third kappa shape index (κ3) is 7.83. The van der Waals surface area contributed by atoms with Crippen LogP contribution >= 0.6 is 0 Å². The van der Waals surface area contributed by atoms with Gasteiger partial charge in [0.1, 0.15) is 6.04 Å². The smallest absolute Gasteiger partial charge is 0.468 e. The molecule has 2 heterocycles. The SMILES string of the molecule is CN[C@@H](Cc1cc(/C=C/c2ccncc2)c(OS(=O)(=O)F)c(/C=C/c2ccncc2)c1)C(=O)OC. The highest BCUT2D eigenvalue weighted by Gasteiger charge is 2.21. The number of pyridine rings is 2. The molecule has 1 aromatic carbocycles. The molecule has 0 aliphatic heterocycles. The Morgan fingerprint density at radius 2 is 1.46 bits per heavy atom. The normalized spacial score (nSPS) is 12.7. The van der Waals surface area contributed by atoms with Crippen LogP contribution in [0.5, 0.6) is 5.75 Å². The van der Waals surface area contributed by atoms with Crippen molar-refractivity contribution in [2.75, 3.05) is 14.2 Å². The Hall–Kier alpha value is -3.89. The van der Waals surface area contributed by atoms with Crippen molar-refractivity contribution in [1.82, 2.24) is 15.3 Å². The van der Waals surface area contributed by atoms with Gasteiger partial charge in [0.2, 0.25) is 0 Å². The molecule has 8 nitrogen and oxygen atoms in total. The summed E-state index contributed by atoms with van der Waals surface area (Å²) in [6.45, 7) is 0. The number of nitrogens with zero attached hydrogens (tertiary/aromatic N) is 2. The largest absolute Gasteiger partial charge is 0.488 e. The van der Waals surface area contributed by atoms with Crippen LogP contribution in [0.15, 0.2) is 61.2 Å². The summed E-state index contributed by atoms with van der Waals surface area (Å²) in [7, 11) is -2.40. The van der Waals surface area contributed by atoms with E-state index in [1.54, 1.807) is 92.5 Å². The van der Waals surface area contributed by atoms with E-state index in [0.29, 0.717) is 16.7 Å². The lowest BCUT2D eigenvalue weighted by Crippen LogP contribution is -2.36. The van der Waals surface area contributed by atoms with Crippen molar-refractivity contribution < 1.29 is 26.0 Å². The van der Waals surface area contributed by atoms with Crippen LogP contribution in [0.25, 0.3) is 24.3 Å². The van der Waals surface area contributed by atoms with Gasteiger partial charge in [0, 0.05) is 35.9 Å². The molecule has 35 heavy (non-hydrogen) atoms. The van der Waals surface area contributed by atoms with Gasteiger partial charge in [-0.1, -0.05) is 28.2 Å². The van der Waals surface area contributed by atoms with Crippen LogP contribution in [0.2, 0.25) is 0 Å². The predicted molar refractivity (Wildman–Crippen MR) is 132 cm³/mol. The average Bonchev–Trinajstić information content (AvgIpc) is 2.86. The standard InChI is InChI=1S/C25H24FN3O5S/c1-27-23(25(30)33-2)17-20-15-21(5-3-18-7-11-28-12-8-18)24(34-35(26,31)32)22(16-20)6-4-19-9-13-29-14-10-19/h3-16,23,27H,17H2,1-2H3/b5-3+,6-4+/t23-/m0/s1. The quantitative estimate of drug-likeness (QED) is 0.334. The monoisotopic (exact) mass is 497 g/mol. The highest BCUT2D eigenvalue weighted by molar-refractivity contribution is 7.81. The number of hydrogen-bond acceptors (Lipinski definition) is 8. The van der Waals surface area contributed by atoms with E-state index in [9.17, 15) is 17.1 Å². The van der Waals surface area contributed by atoms with E-state index >= 15 is 0 Å². The number of likely N-dealkylation sites (N-methyl/N-ethyl adjacent to an activating group) is 1. The molecule has 0 unspecified atom stereocenters. The van der Waals surface area contributed by atoms with Crippen LogP contribution in [0.1, 0.15) is 27.8 Å². The first kappa shape index (κ1) is 25.7. The van der Waals surface area contributed by atoms with Gasteiger partial charge in [0.25, 0.3) is 0 Å². The fourth-order valence-electron chi connectivity index (χ4n) is 3.30. The third-order valence-electron chi connectivity index (χ3n) is 4.99. The van der Waals surface area contributed by atoms with E-state index < -0.39 is 22.5 Å². The Morgan fingerprint density at radius 1 is 0.971 bits per heavy atom. The molecule has 3 aromatic rings.